The predicted molar refractivity (Wildman–Crippen MR) is 279 cm³/mol. The molecule has 356 valence electrons. The van der Waals surface area contributed by atoms with E-state index in [0.717, 1.165) is 33.4 Å². The predicted octanol–water partition coefficient (Wildman–Crippen LogP) is 11.3. The second-order valence-corrected chi connectivity index (χ2v) is 21.4. The van der Waals surface area contributed by atoms with Gasteiger partial charge in [-0.3, -0.25) is 0 Å². The number of aliphatic carboxylic acids is 1. The van der Waals surface area contributed by atoms with Crippen molar-refractivity contribution in [1.82, 2.24) is 9.97 Å². The van der Waals surface area contributed by atoms with Gasteiger partial charge in [0.25, 0.3) is 0 Å². The van der Waals surface area contributed by atoms with E-state index < -0.39 is 30.2 Å². The van der Waals surface area contributed by atoms with Crippen LogP contribution in [-0.2, 0) is 34.8 Å². The number of nitrogens with one attached hydrogen (secondary N) is 2. The smallest absolute Gasteiger partial charge is 0.362 e. The molecule has 0 atom stereocenters. The van der Waals surface area contributed by atoms with Gasteiger partial charge >= 0.3 is 11.9 Å². The molecule has 13 nitrogen and oxygen atoms in total. The van der Waals surface area contributed by atoms with Crippen LogP contribution >= 0.6 is 29.8 Å². The van der Waals surface area contributed by atoms with Crippen molar-refractivity contribution >= 4 is 63.4 Å². The summed E-state index contributed by atoms with van der Waals surface area (Å²) >= 11 is 2.60. The minimum atomic E-state index is -2.29. The summed E-state index contributed by atoms with van der Waals surface area (Å²) < 4.78 is 16.9. The summed E-state index contributed by atoms with van der Waals surface area (Å²) in [5.41, 5.74) is 4.43. The highest BCUT2D eigenvalue weighted by molar-refractivity contribution is 7.62. The fraction of sp³-hybridized carbons (Fsp3) is 0.148. The zero-order valence-electron chi connectivity index (χ0n) is 38.6. The van der Waals surface area contributed by atoms with Gasteiger partial charge in [-0.1, -0.05) is 192 Å². The quantitative estimate of drug-likeness (QED) is 0.0115. The van der Waals surface area contributed by atoms with Crippen LogP contribution in [0.5, 0.6) is 0 Å². The molecule has 0 amide bonds. The number of esters is 1. The molecule has 0 saturated carbocycles. The fourth-order valence-corrected chi connectivity index (χ4v) is 9.75. The molecule has 6 aromatic carbocycles. The number of rotatable bonds is 19. The van der Waals surface area contributed by atoms with Gasteiger partial charge in [0, 0.05) is 16.9 Å². The number of benzene rings is 6. The number of aromatic nitrogens is 2. The van der Waals surface area contributed by atoms with Gasteiger partial charge in [0.15, 0.2) is 10.3 Å². The molecule has 70 heavy (non-hydrogen) atoms. The lowest BCUT2D eigenvalue weighted by molar-refractivity contribution is -0.135. The van der Waals surface area contributed by atoms with E-state index in [4.69, 9.17) is 9.57 Å². The highest BCUT2D eigenvalue weighted by Gasteiger charge is 2.39. The number of thiazole rings is 2. The molecule has 0 aliphatic rings. The maximum Gasteiger partial charge on any atom is 0.362 e. The number of nitrogens with zero attached hydrogens (tertiary/aromatic N) is 4. The van der Waals surface area contributed by atoms with E-state index in [1.165, 1.54) is 22.7 Å². The van der Waals surface area contributed by atoms with Crippen LogP contribution in [0.3, 0.4) is 0 Å². The number of carbonyl (C=O) groups excluding carboxylic acids is 1. The van der Waals surface area contributed by atoms with Crippen molar-refractivity contribution in [2.75, 3.05) is 43.3 Å². The van der Waals surface area contributed by atoms with E-state index in [2.05, 4.69) is 104 Å². The molecule has 4 N–H and O–H groups in total. The maximum absolute atomic E-state index is 12.2. The van der Waals surface area contributed by atoms with E-state index in [0.29, 0.717) is 16.4 Å². The van der Waals surface area contributed by atoms with Gasteiger partial charge < -0.3 is 35.1 Å². The highest BCUT2D eigenvalue weighted by Crippen LogP contribution is 2.42. The third-order valence-electron chi connectivity index (χ3n) is 11.0. The number of oxime groups is 2. The van der Waals surface area contributed by atoms with Gasteiger partial charge in [-0.2, -0.15) is 0 Å². The van der Waals surface area contributed by atoms with Crippen molar-refractivity contribution in [1.29, 1.82) is 0 Å². The van der Waals surface area contributed by atoms with Crippen LogP contribution in [0.4, 0.5) is 10.3 Å². The summed E-state index contributed by atoms with van der Waals surface area (Å²) in [7, 11) is -2.29. The lowest BCUT2D eigenvalue weighted by Gasteiger charge is -2.36. The van der Waals surface area contributed by atoms with Crippen LogP contribution in [0.1, 0.15) is 51.7 Å². The highest BCUT2D eigenvalue weighted by atomic mass is 32.1. The van der Waals surface area contributed by atoms with Crippen molar-refractivity contribution in [2.45, 2.75) is 18.0 Å². The van der Waals surface area contributed by atoms with Crippen LogP contribution in [0.25, 0.3) is 0 Å². The van der Waals surface area contributed by atoms with Gasteiger partial charge in [-0.15, -0.1) is 22.7 Å². The molecule has 0 unspecified atom stereocenters. The summed E-state index contributed by atoms with van der Waals surface area (Å²) in [5.74, 6) is -1.98. The molecule has 0 fully saturated rings. The van der Waals surface area contributed by atoms with Crippen LogP contribution < -0.4 is 10.6 Å². The van der Waals surface area contributed by atoms with Crippen LogP contribution in [0.2, 0.25) is 0 Å². The average Bonchev–Trinajstić information content (AvgIpc) is 4.06. The second-order valence-electron chi connectivity index (χ2n) is 16.1. The van der Waals surface area contributed by atoms with Gasteiger partial charge in [0.1, 0.15) is 29.1 Å². The van der Waals surface area contributed by atoms with Crippen molar-refractivity contribution < 1.29 is 34.0 Å². The number of hydrogen-bond donors (Lipinski definition) is 4. The minimum Gasteiger partial charge on any atom is -0.476 e. The first-order valence-electron chi connectivity index (χ1n) is 22.2. The molecular weight excluding hydrogens is 940 g/mol. The summed E-state index contributed by atoms with van der Waals surface area (Å²) in [6, 6.07) is 60.6. The third kappa shape index (κ3) is 11.9. The molecule has 0 spiro atoms. The van der Waals surface area contributed by atoms with Crippen molar-refractivity contribution in [3.8, 4) is 0 Å². The first kappa shape index (κ1) is 50.2. The molecule has 0 saturated heterocycles. The summed E-state index contributed by atoms with van der Waals surface area (Å²) in [4.78, 5) is 38.4. The Bertz CT molecular complexity index is 2850. The second kappa shape index (κ2) is 23.5. The zero-order valence-corrected chi connectivity index (χ0v) is 41.1. The zero-order chi connectivity index (χ0) is 49.4. The first-order chi connectivity index (χ1) is 34.0. The molecule has 2 heterocycles. The van der Waals surface area contributed by atoms with Gasteiger partial charge in [0.2, 0.25) is 11.4 Å². The van der Waals surface area contributed by atoms with E-state index in [1.807, 2.05) is 109 Å². The summed E-state index contributed by atoms with van der Waals surface area (Å²) in [5, 5.41) is 37.7. The molecule has 16 heteroatoms. The van der Waals surface area contributed by atoms with Crippen molar-refractivity contribution in [2.24, 2.45) is 10.3 Å². The Morgan fingerprint density at radius 1 is 0.586 bits per heavy atom. The summed E-state index contributed by atoms with van der Waals surface area (Å²) in [6.45, 7) is 5.22. The minimum absolute atomic E-state index is 0.0649. The standard InChI is InChI=1S/C28H28N3O4PS.C26H23N3O3S/c1-36(2,34)19-18-35-31-25(26(32)33)24-20-37-27(29-24)30-28(21-12-6-3-7-13-21,22-14-8-4-9-15-22)23-16-10-5-11-17-23;1-2-32-24(30)23(29-31)22-18-33-25(27-22)28-26(19-12-6-3-7-13-19,20-14-8-4-9-15-20)21-16-10-5-11-17-21/h3-17,20H,18-19H2,1-2H3,(H,29,30)(H,32,33);3-18,31H,2H2,1H3,(H,27,28)/b31-25+;29-23+. The monoisotopic (exact) mass is 990 g/mol. The molecule has 0 bridgehead atoms. The molecule has 0 aliphatic carbocycles. The lowest BCUT2D eigenvalue weighted by Crippen LogP contribution is -2.38. The average molecular weight is 991 g/mol. The molecule has 0 radical (unpaired) electrons. The van der Waals surface area contributed by atoms with Crippen molar-refractivity contribution in [3.63, 3.8) is 0 Å². The van der Waals surface area contributed by atoms with Gasteiger partial charge in [-0.25, -0.2) is 19.6 Å². The number of ether oxygens (including phenoxy) is 1. The molecule has 8 rings (SSSR count). The van der Waals surface area contributed by atoms with Crippen LogP contribution in [0, 0.1) is 0 Å². The number of carboxylic acid groups (broad SMARTS) is 1. The van der Waals surface area contributed by atoms with E-state index in [-0.39, 0.29) is 36.0 Å². The number of carbonyl (C=O) groups is 2. The lowest BCUT2D eigenvalue weighted by atomic mass is 9.77. The normalized spacial score (nSPS) is 12.0. The fourth-order valence-electron chi connectivity index (χ4n) is 7.72. The Labute approximate surface area is 414 Å². The SMILES string of the molecule is CCOC(=O)/C(=N/O)c1csc(NC(c2ccccc2)(c2ccccc2)c2ccccc2)n1.CP(C)(=O)CCO/N=C(/C(=O)O)c1csc(NC(c2ccccc2)(c2ccccc2)c2ccccc2)n1. The molecule has 8 aromatic rings. The molecular formula is C54H51N6O7PS2. The van der Waals surface area contributed by atoms with E-state index >= 15 is 0 Å². The third-order valence-corrected chi connectivity index (χ3v) is 13.7. The Hall–Kier alpha value is -7.71. The number of anilines is 2. The Kier molecular flexibility index (Phi) is 16.9. The number of carboxylic acids is 1. The topological polar surface area (TPSA) is 185 Å². The molecule has 2 aromatic heterocycles. The van der Waals surface area contributed by atoms with E-state index in [1.54, 1.807) is 31.0 Å². The van der Waals surface area contributed by atoms with Crippen LogP contribution in [-0.4, -0.2) is 76.3 Å². The summed E-state index contributed by atoms with van der Waals surface area (Å²) in [6.07, 6.45) is 0.307. The Morgan fingerprint density at radius 2 is 0.914 bits per heavy atom. The number of hydrogen-bond acceptors (Lipinski definition) is 14. The van der Waals surface area contributed by atoms with Crippen molar-refractivity contribution in [3.05, 3.63) is 238 Å². The first-order valence-corrected chi connectivity index (χ1v) is 26.7. The Balaban J connectivity index is 0.000000208. The van der Waals surface area contributed by atoms with Gasteiger partial charge in [-0.05, 0) is 53.6 Å². The van der Waals surface area contributed by atoms with E-state index in [9.17, 15) is 24.5 Å². The molecule has 0 aliphatic heterocycles. The Morgan fingerprint density at radius 3 is 1.20 bits per heavy atom. The maximum atomic E-state index is 12.2. The van der Waals surface area contributed by atoms with Crippen LogP contribution in [0.15, 0.2) is 203 Å². The van der Waals surface area contributed by atoms with Gasteiger partial charge in [0.05, 0.1) is 13.7 Å². The largest absolute Gasteiger partial charge is 0.476 e.